The van der Waals surface area contributed by atoms with E-state index in [1.54, 1.807) is 0 Å². The molecule has 1 N–H and O–H groups in total. The number of hydrogen-bond donors (Lipinski definition) is 1. The van der Waals surface area contributed by atoms with Crippen LogP contribution in [-0.2, 0) is 13.1 Å². The van der Waals surface area contributed by atoms with Crippen LogP contribution in [0.5, 0.6) is 0 Å². The number of aromatic nitrogens is 2. The second-order valence-corrected chi connectivity index (χ2v) is 5.02. The van der Waals surface area contributed by atoms with Crippen LogP contribution in [-0.4, -0.2) is 15.8 Å². The minimum atomic E-state index is 0.505. The molecule has 0 fully saturated rings. The Balaban J connectivity index is 2.11. The van der Waals surface area contributed by atoms with E-state index < -0.39 is 0 Å². The van der Waals surface area contributed by atoms with Crippen molar-refractivity contribution in [3.63, 3.8) is 0 Å². The molecule has 1 aromatic heterocycles. The summed E-state index contributed by atoms with van der Waals surface area (Å²) in [7, 11) is 0. The molecule has 3 nitrogen and oxygen atoms in total. The van der Waals surface area contributed by atoms with Crippen LogP contribution in [0.2, 0.25) is 0 Å². The Morgan fingerprint density at radius 2 is 1.94 bits per heavy atom. The third-order valence-electron chi connectivity index (χ3n) is 2.91. The summed E-state index contributed by atoms with van der Waals surface area (Å²) >= 11 is 0. The zero-order chi connectivity index (χ0) is 13.0. The molecule has 0 unspecified atom stereocenters. The Bertz CT molecular complexity index is 500. The maximum Gasteiger partial charge on any atom is 0.0662 e. The van der Waals surface area contributed by atoms with Crippen molar-refractivity contribution in [2.75, 3.05) is 0 Å². The van der Waals surface area contributed by atoms with Crippen LogP contribution >= 0.6 is 0 Å². The van der Waals surface area contributed by atoms with Gasteiger partial charge in [0.1, 0.15) is 0 Å². The highest BCUT2D eigenvalue weighted by molar-refractivity contribution is 5.27. The number of nitrogens with one attached hydrogen (secondary N) is 1. The zero-order valence-electron chi connectivity index (χ0n) is 11.4. The van der Waals surface area contributed by atoms with Crippen LogP contribution < -0.4 is 5.32 Å². The zero-order valence-corrected chi connectivity index (χ0v) is 11.4. The highest BCUT2D eigenvalue weighted by atomic mass is 15.3. The van der Waals surface area contributed by atoms with Crippen LogP contribution in [0.1, 0.15) is 30.5 Å². The minimum Gasteiger partial charge on any atom is -0.310 e. The molecule has 2 aromatic rings. The normalized spacial score (nSPS) is 11.1. The Labute approximate surface area is 109 Å². The van der Waals surface area contributed by atoms with E-state index in [-0.39, 0.29) is 0 Å². The van der Waals surface area contributed by atoms with Crippen molar-refractivity contribution in [3.05, 3.63) is 53.3 Å². The van der Waals surface area contributed by atoms with E-state index in [4.69, 9.17) is 0 Å². The molecule has 3 heteroatoms. The van der Waals surface area contributed by atoms with Gasteiger partial charge in [0.05, 0.1) is 12.7 Å². The first-order chi connectivity index (χ1) is 8.65. The summed E-state index contributed by atoms with van der Waals surface area (Å²) in [6.07, 6.45) is 3.97. The quantitative estimate of drug-likeness (QED) is 0.875. The second kappa shape index (κ2) is 5.83. The molecule has 96 valence electrons. The van der Waals surface area contributed by atoms with E-state index in [9.17, 15) is 0 Å². The summed E-state index contributed by atoms with van der Waals surface area (Å²) in [6.45, 7) is 8.15. The monoisotopic (exact) mass is 243 g/mol. The fraction of sp³-hybridized carbons (Fsp3) is 0.400. The van der Waals surface area contributed by atoms with Crippen LogP contribution in [0, 0.1) is 6.92 Å². The average Bonchev–Trinajstić information content (AvgIpc) is 2.73. The Hall–Kier alpha value is -1.61. The molecule has 0 bridgehead atoms. The molecule has 1 aromatic carbocycles. The van der Waals surface area contributed by atoms with E-state index >= 15 is 0 Å². The molecule has 0 saturated carbocycles. The van der Waals surface area contributed by atoms with Gasteiger partial charge in [-0.3, -0.25) is 4.68 Å². The molecular formula is C15H21N3. The summed E-state index contributed by atoms with van der Waals surface area (Å²) < 4.78 is 1.99. The van der Waals surface area contributed by atoms with Crippen molar-refractivity contribution in [2.24, 2.45) is 0 Å². The first-order valence-corrected chi connectivity index (χ1v) is 6.44. The number of aryl methyl sites for hydroxylation is 1. The van der Waals surface area contributed by atoms with E-state index in [0.29, 0.717) is 6.04 Å². The van der Waals surface area contributed by atoms with Gasteiger partial charge in [0.25, 0.3) is 0 Å². The van der Waals surface area contributed by atoms with E-state index in [2.05, 4.69) is 61.6 Å². The lowest BCUT2D eigenvalue weighted by Crippen LogP contribution is -2.22. The standard InChI is InChI=1S/C15H21N3/c1-12(2)16-9-14-6-4-5-7-15(14)11-18-10-13(3)8-17-18/h4-8,10,12,16H,9,11H2,1-3H3. The van der Waals surface area contributed by atoms with Crippen molar-refractivity contribution in [3.8, 4) is 0 Å². The van der Waals surface area contributed by atoms with Crippen molar-refractivity contribution in [1.29, 1.82) is 0 Å². The van der Waals surface area contributed by atoms with Crippen LogP contribution in [0.3, 0.4) is 0 Å². The maximum atomic E-state index is 4.34. The lowest BCUT2D eigenvalue weighted by Gasteiger charge is -2.12. The molecule has 0 amide bonds. The van der Waals surface area contributed by atoms with Gasteiger partial charge < -0.3 is 5.32 Å². The van der Waals surface area contributed by atoms with E-state index in [1.807, 2.05) is 10.9 Å². The highest BCUT2D eigenvalue weighted by Gasteiger charge is 2.04. The van der Waals surface area contributed by atoms with Crippen molar-refractivity contribution in [1.82, 2.24) is 15.1 Å². The third kappa shape index (κ3) is 3.44. The van der Waals surface area contributed by atoms with Gasteiger partial charge in [-0.1, -0.05) is 38.1 Å². The number of nitrogens with zero attached hydrogens (tertiary/aromatic N) is 2. The number of rotatable bonds is 5. The molecular weight excluding hydrogens is 222 g/mol. The first-order valence-electron chi connectivity index (χ1n) is 6.44. The molecule has 0 radical (unpaired) electrons. The van der Waals surface area contributed by atoms with Gasteiger partial charge in [-0.25, -0.2) is 0 Å². The fourth-order valence-corrected chi connectivity index (χ4v) is 1.93. The molecule has 0 aliphatic heterocycles. The molecule has 1 heterocycles. The minimum absolute atomic E-state index is 0.505. The summed E-state index contributed by atoms with van der Waals surface area (Å²) in [5.74, 6) is 0. The van der Waals surface area contributed by atoms with Gasteiger partial charge in [0.2, 0.25) is 0 Å². The van der Waals surface area contributed by atoms with Crippen LogP contribution in [0.25, 0.3) is 0 Å². The lowest BCUT2D eigenvalue weighted by molar-refractivity contribution is 0.582. The molecule has 18 heavy (non-hydrogen) atoms. The number of hydrogen-bond acceptors (Lipinski definition) is 2. The molecule has 0 spiro atoms. The van der Waals surface area contributed by atoms with Crippen molar-refractivity contribution < 1.29 is 0 Å². The SMILES string of the molecule is Cc1cnn(Cc2ccccc2CNC(C)C)c1. The summed E-state index contributed by atoms with van der Waals surface area (Å²) in [5.41, 5.74) is 3.88. The van der Waals surface area contributed by atoms with Crippen molar-refractivity contribution >= 4 is 0 Å². The second-order valence-electron chi connectivity index (χ2n) is 5.02. The molecule has 0 aliphatic rings. The summed E-state index contributed by atoms with van der Waals surface area (Å²) in [4.78, 5) is 0. The van der Waals surface area contributed by atoms with Crippen LogP contribution in [0.15, 0.2) is 36.7 Å². The summed E-state index contributed by atoms with van der Waals surface area (Å²) in [6, 6.07) is 9.04. The predicted octanol–water partition coefficient (Wildman–Crippen LogP) is 2.74. The van der Waals surface area contributed by atoms with Gasteiger partial charge in [-0.2, -0.15) is 5.10 Å². The molecule has 2 rings (SSSR count). The van der Waals surface area contributed by atoms with Gasteiger partial charge >= 0.3 is 0 Å². The van der Waals surface area contributed by atoms with Gasteiger partial charge in [0.15, 0.2) is 0 Å². The average molecular weight is 243 g/mol. The molecule has 0 atom stereocenters. The van der Waals surface area contributed by atoms with Gasteiger partial charge in [0, 0.05) is 18.8 Å². The first kappa shape index (κ1) is 12.8. The smallest absolute Gasteiger partial charge is 0.0662 e. The van der Waals surface area contributed by atoms with E-state index in [0.717, 1.165) is 13.1 Å². The molecule has 0 aliphatic carbocycles. The summed E-state index contributed by atoms with van der Waals surface area (Å²) in [5, 5.41) is 7.81. The Morgan fingerprint density at radius 3 is 2.56 bits per heavy atom. The highest BCUT2D eigenvalue weighted by Crippen LogP contribution is 2.11. The lowest BCUT2D eigenvalue weighted by atomic mass is 10.1. The predicted molar refractivity (Wildman–Crippen MR) is 74.5 cm³/mol. The Kier molecular flexibility index (Phi) is 4.15. The van der Waals surface area contributed by atoms with Crippen LogP contribution in [0.4, 0.5) is 0 Å². The van der Waals surface area contributed by atoms with E-state index in [1.165, 1.54) is 16.7 Å². The van der Waals surface area contributed by atoms with Crippen molar-refractivity contribution in [2.45, 2.75) is 39.9 Å². The number of benzene rings is 1. The molecule has 0 saturated heterocycles. The maximum absolute atomic E-state index is 4.34. The fourth-order valence-electron chi connectivity index (χ4n) is 1.93. The Morgan fingerprint density at radius 1 is 1.22 bits per heavy atom. The van der Waals surface area contributed by atoms with Gasteiger partial charge in [-0.05, 0) is 23.6 Å². The van der Waals surface area contributed by atoms with Gasteiger partial charge in [-0.15, -0.1) is 0 Å². The third-order valence-corrected chi connectivity index (χ3v) is 2.91. The largest absolute Gasteiger partial charge is 0.310 e. The topological polar surface area (TPSA) is 29.9 Å².